The SMILES string of the molecule is CCC(CNC(=O)CC1(N)CCCCC1)C(=O)O. The molecule has 1 aliphatic carbocycles. The van der Waals surface area contributed by atoms with E-state index in [1.165, 1.54) is 6.42 Å². The average Bonchev–Trinajstić information content (AvgIpc) is 2.29. The molecule has 104 valence electrons. The summed E-state index contributed by atoms with van der Waals surface area (Å²) in [6.45, 7) is 2.00. The number of amides is 1. The van der Waals surface area contributed by atoms with Gasteiger partial charge in [-0.05, 0) is 19.3 Å². The van der Waals surface area contributed by atoms with Crippen LogP contribution in [0.2, 0.25) is 0 Å². The third-order valence-corrected chi connectivity index (χ3v) is 3.75. The molecule has 0 bridgehead atoms. The summed E-state index contributed by atoms with van der Waals surface area (Å²) in [5, 5.41) is 11.6. The molecule has 0 aliphatic heterocycles. The van der Waals surface area contributed by atoms with Gasteiger partial charge in [-0.25, -0.2) is 0 Å². The Morgan fingerprint density at radius 1 is 1.33 bits per heavy atom. The molecular weight excluding hydrogens is 232 g/mol. The summed E-state index contributed by atoms with van der Waals surface area (Å²) >= 11 is 0. The van der Waals surface area contributed by atoms with Gasteiger partial charge in [0, 0.05) is 18.5 Å². The predicted octanol–water partition coefficient (Wildman–Crippen LogP) is 1.27. The Hall–Kier alpha value is -1.10. The molecule has 0 spiro atoms. The first-order valence-electron chi connectivity index (χ1n) is 6.75. The number of carboxylic acids is 1. The number of nitrogens with one attached hydrogen (secondary N) is 1. The van der Waals surface area contributed by atoms with Crippen LogP contribution in [0.5, 0.6) is 0 Å². The highest BCUT2D eigenvalue weighted by molar-refractivity contribution is 5.78. The first-order chi connectivity index (χ1) is 8.47. The summed E-state index contributed by atoms with van der Waals surface area (Å²) in [7, 11) is 0. The van der Waals surface area contributed by atoms with E-state index >= 15 is 0 Å². The van der Waals surface area contributed by atoms with Gasteiger partial charge in [-0.2, -0.15) is 0 Å². The molecule has 1 aliphatic rings. The van der Waals surface area contributed by atoms with E-state index in [0.717, 1.165) is 25.7 Å². The first-order valence-corrected chi connectivity index (χ1v) is 6.75. The number of rotatable bonds is 6. The fraction of sp³-hybridized carbons (Fsp3) is 0.846. The molecule has 5 heteroatoms. The first kappa shape index (κ1) is 15.0. The Morgan fingerprint density at radius 3 is 2.44 bits per heavy atom. The number of carbonyl (C=O) groups is 2. The fourth-order valence-corrected chi connectivity index (χ4v) is 2.46. The van der Waals surface area contributed by atoms with Crippen LogP contribution in [0, 0.1) is 5.92 Å². The Labute approximate surface area is 108 Å². The van der Waals surface area contributed by atoms with Crippen molar-refractivity contribution in [3.63, 3.8) is 0 Å². The van der Waals surface area contributed by atoms with E-state index in [1.807, 2.05) is 0 Å². The van der Waals surface area contributed by atoms with E-state index in [-0.39, 0.29) is 18.0 Å². The van der Waals surface area contributed by atoms with E-state index in [9.17, 15) is 9.59 Å². The van der Waals surface area contributed by atoms with Gasteiger partial charge in [0.15, 0.2) is 0 Å². The van der Waals surface area contributed by atoms with Crippen molar-refractivity contribution in [1.29, 1.82) is 0 Å². The highest BCUT2D eigenvalue weighted by Crippen LogP contribution is 2.28. The molecule has 4 N–H and O–H groups in total. The van der Waals surface area contributed by atoms with E-state index in [0.29, 0.717) is 12.8 Å². The number of carboxylic acid groups (broad SMARTS) is 1. The van der Waals surface area contributed by atoms with Gasteiger partial charge in [0.2, 0.25) is 5.91 Å². The Balaban J connectivity index is 2.34. The van der Waals surface area contributed by atoms with Crippen LogP contribution in [0.1, 0.15) is 51.9 Å². The Kier molecular flexibility index (Phi) is 5.59. The maximum Gasteiger partial charge on any atom is 0.308 e. The molecule has 0 radical (unpaired) electrons. The second-order valence-corrected chi connectivity index (χ2v) is 5.35. The van der Waals surface area contributed by atoms with Crippen LogP contribution in [0.15, 0.2) is 0 Å². The van der Waals surface area contributed by atoms with Crippen LogP contribution in [0.3, 0.4) is 0 Å². The number of nitrogens with two attached hydrogens (primary N) is 1. The normalized spacial score (nSPS) is 20.1. The van der Waals surface area contributed by atoms with Crippen molar-refractivity contribution in [3.05, 3.63) is 0 Å². The van der Waals surface area contributed by atoms with E-state index in [4.69, 9.17) is 10.8 Å². The van der Waals surface area contributed by atoms with Crippen molar-refractivity contribution in [2.75, 3.05) is 6.54 Å². The quantitative estimate of drug-likeness (QED) is 0.667. The maximum absolute atomic E-state index is 11.8. The predicted molar refractivity (Wildman–Crippen MR) is 69.0 cm³/mol. The molecular formula is C13H24N2O3. The molecule has 1 saturated carbocycles. The molecule has 0 aromatic heterocycles. The van der Waals surface area contributed by atoms with Crippen molar-refractivity contribution in [2.24, 2.45) is 11.7 Å². The van der Waals surface area contributed by atoms with E-state index < -0.39 is 11.9 Å². The summed E-state index contributed by atoms with van der Waals surface area (Å²) < 4.78 is 0. The van der Waals surface area contributed by atoms with Crippen molar-refractivity contribution < 1.29 is 14.7 Å². The lowest BCUT2D eigenvalue weighted by molar-refractivity contribution is -0.141. The van der Waals surface area contributed by atoms with Crippen LogP contribution >= 0.6 is 0 Å². The topological polar surface area (TPSA) is 92.4 Å². The van der Waals surface area contributed by atoms with Crippen molar-refractivity contribution in [3.8, 4) is 0 Å². The summed E-state index contributed by atoms with van der Waals surface area (Å²) in [6, 6.07) is 0. The zero-order chi connectivity index (χ0) is 13.6. The van der Waals surface area contributed by atoms with Crippen LogP contribution in [-0.4, -0.2) is 29.1 Å². The Bertz CT molecular complexity index is 299. The van der Waals surface area contributed by atoms with Gasteiger partial charge >= 0.3 is 5.97 Å². The third kappa shape index (κ3) is 4.64. The molecule has 5 nitrogen and oxygen atoms in total. The van der Waals surface area contributed by atoms with E-state index in [1.54, 1.807) is 6.92 Å². The van der Waals surface area contributed by atoms with Gasteiger partial charge in [-0.15, -0.1) is 0 Å². The summed E-state index contributed by atoms with van der Waals surface area (Å²) in [4.78, 5) is 22.6. The van der Waals surface area contributed by atoms with Crippen molar-refractivity contribution in [1.82, 2.24) is 5.32 Å². The number of aliphatic carboxylic acids is 1. The molecule has 18 heavy (non-hydrogen) atoms. The minimum atomic E-state index is -0.863. The maximum atomic E-state index is 11.8. The van der Waals surface area contributed by atoms with Gasteiger partial charge in [0.25, 0.3) is 0 Å². The average molecular weight is 256 g/mol. The van der Waals surface area contributed by atoms with Gasteiger partial charge in [-0.1, -0.05) is 26.2 Å². The zero-order valence-electron chi connectivity index (χ0n) is 11.1. The van der Waals surface area contributed by atoms with Gasteiger partial charge in [0.05, 0.1) is 5.92 Å². The summed E-state index contributed by atoms with van der Waals surface area (Å²) in [6.07, 6.45) is 5.95. The van der Waals surface area contributed by atoms with Gasteiger partial charge in [0.1, 0.15) is 0 Å². The zero-order valence-corrected chi connectivity index (χ0v) is 11.1. The number of carbonyl (C=O) groups excluding carboxylic acids is 1. The highest BCUT2D eigenvalue weighted by atomic mass is 16.4. The molecule has 1 rings (SSSR count). The number of hydrogen-bond acceptors (Lipinski definition) is 3. The molecule has 1 amide bonds. The fourth-order valence-electron chi connectivity index (χ4n) is 2.46. The molecule has 0 saturated heterocycles. The van der Waals surface area contributed by atoms with E-state index in [2.05, 4.69) is 5.32 Å². The monoisotopic (exact) mass is 256 g/mol. The largest absolute Gasteiger partial charge is 0.481 e. The highest BCUT2D eigenvalue weighted by Gasteiger charge is 2.30. The smallest absolute Gasteiger partial charge is 0.308 e. The lowest BCUT2D eigenvalue weighted by Gasteiger charge is -2.32. The lowest BCUT2D eigenvalue weighted by Crippen LogP contribution is -2.46. The standard InChI is InChI=1S/C13H24N2O3/c1-2-10(12(17)18)9-15-11(16)8-13(14)6-4-3-5-7-13/h10H,2-9,14H2,1H3,(H,15,16)(H,17,18). The van der Waals surface area contributed by atoms with Gasteiger partial charge in [-0.3, -0.25) is 9.59 Å². The Morgan fingerprint density at radius 2 is 1.94 bits per heavy atom. The summed E-state index contributed by atoms with van der Waals surface area (Å²) in [5.74, 6) is -1.49. The van der Waals surface area contributed by atoms with Gasteiger partial charge < -0.3 is 16.2 Å². The van der Waals surface area contributed by atoms with Crippen LogP contribution in [0.4, 0.5) is 0 Å². The molecule has 1 unspecified atom stereocenters. The molecule has 0 aromatic carbocycles. The second kappa shape index (κ2) is 6.73. The molecule has 0 aromatic rings. The minimum Gasteiger partial charge on any atom is -0.481 e. The lowest BCUT2D eigenvalue weighted by atomic mass is 9.80. The van der Waals surface area contributed by atoms with Crippen molar-refractivity contribution in [2.45, 2.75) is 57.4 Å². The van der Waals surface area contributed by atoms with Crippen LogP contribution in [0.25, 0.3) is 0 Å². The van der Waals surface area contributed by atoms with Crippen molar-refractivity contribution >= 4 is 11.9 Å². The molecule has 1 atom stereocenters. The second-order valence-electron chi connectivity index (χ2n) is 5.35. The third-order valence-electron chi connectivity index (χ3n) is 3.75. The minimum absolute atomic E-state index is 0.126. The molecule has 1 fully saturated rings. The van der Waals surface area contributed by atoms with Crippen LogP contribution in [-0.2, 0) is 9.59 Å². The summed E-state index contributed by atoms with van der Waals surface area (Å²) in [5.41, 5.74) is 5.80. The molecule has 0 heterocycles. The number of hydrogen-bond donors (Lipinski definition) is 3. The van der Waals surface area contributed by atoms with Crippen LogP contribution < -0.4 is 11.1 Å².